The summed E-state index contributed by atoms with van der Waals surface area (Å²) >= 11 is 0. The van der Waals surface area contributed by atoms with E-state index in [0.29, 0.717) is 17.3 Å². The molecular formula is C14H16N2O3. The predicted molar refractivity (Wildman–Crippen MR) is 71.1 cm³/mol. The monoisotopic (exact) mass is 260 g/mol. The van der Waals surface area contributed by atoms with Crippen LogP contribution < -0.4 is 10.1 Å². The van der Waals surface area contributed by atoms with Gasteiger partial charge in [0, 0.05) is 6.07 Å². The van der Waals surface area contributed by atoms with Crippen LogP contribution in [0.1, 0.15) is 18.2 Å². The number of hydrogen-bond acceptors (Lipinski definition) is 4. The molecule has 0 bridgehead atoms. The van der Waals surface area contributed by atoms with Gasteiger partial charge in [-0.15, -0.1) is 0 Å². The van der Waals surface area contributed by atoms with Crippen molar-refractivity contribution in [3.8, 4) is 5.75 Å². The summed E-state index contributed by atoms with van der Waals surface area (Å²) in [5.41, 5.74) is 0.986. The fourth-order valence-corrected chi connectivity index (χ4v) is 1.59. The number of amides is 1. The lowest BCUT2D eigenvalue weighted by atomic mass is 10.2. The molecule has 100 valence electrons. The summed E-state index contributed by atoms with van der Waals surface area (Å²) in [6.45, 7) is 5.38. The Balaban J connectivity index is 1.98. The van der Waals surface area contributed by atoms with E-state index >= 15 is 0 Å². The van der Waals surface area contributed by atoms with Crippen LogP contribution in [0.2, 0.25) is 0 Å². The molecular weight excluding hydrogens is 244 g/mol. The van der Waals surface area contributed by atoms with Crippen molar-refractivity contribution in [3.63, 3.8) is 0 Å². The van der Waals surface area contributed by atoms with Gasteiger partial charge in [0.2, 0.25) is 0 Å². The van der Waals surface area contributed by atoms with Gasteiger partial charge in [-0.3, -0.25) is 4.79 Å². The van der Waals surface area contributed by atoms with Gasteiger partial charge in [0.25, 0.3) is 5.91 Å². The molecule has 5 heteroatoms. The largest absolute Gasteiger partial charge is 0.481 e. The van der Waals surface area contributed by atoms with E-state index < -0.39 is 6.10 Å². The normalized spacial score (nSPS) is 11.9. The molecule has 0 saturated heterocycles. The van der Waals surface area contributed by atoms with Gasteiger partial charge in [-0.1, -0.05) is 23.4 Å². The Hall–Kier alpha value is -2.30. The van der Waals surface area contributed by atoms with Crippen LogP contribution in [0.3, 0.4) is 0 Å². The quantitative estimate of drug-likeness (QED) is 0.918. The number of rotatable bonds is 4. The van der Waals surface area contributed by atoms with Crippen molar-refractivity contribution in [1.29, 1.82) is 0 Å². The molecule has 1 aromatic carbocycles. The second-order valence-electron chi connectivity index (χ2n) is 4.34. The van der Waals surface area contributed by atoms with Crippen LogP contribution in [0.15, 0.2) is 34.9 Å². The summed E-state index contributed by atoms with van der Waals surface area (Å²) in [7, 11) is 0. The summed E-state index contributed by atoms with van der Waals surface area (Å²) in [6, 6.07) is 9.21. The van der Waals surface area contributed by atoms with Gasteiger partial charge in [0.15, 0.2) is 11.9 Å². The van der Waals surface area contributed by atoms with E-state index in [0.717, 1.165) is 5.56 Å². The number of benzene rings is 1. The van der Waals surface area contributed by atoms with Gasteiger partial charge < -0.3 is 14.6 Å². The second-order valence-corrected chi connectivity index (χ2v) is 4.34. The summed E-state index contributed by atoms with van der Waals surface area (Å²) in [4.78, 5) is 11.9. The van der Waals surface area contributed by atoms with E-state index in [9.17, 15) is 4.79 Å². The number of para-hydroxylation sites is 1. The zero-order chi connectivity index (χ0) is 13.8. The molecule has 0 spiro atoms. The SMILES string of the molecule is Cc1cc(NC(=O)[C@@H](C)Oc2ccccc2C)no1. The van der Waals surface area contributed by atoms with Crippen molar-refractivity contribution < 1.29 is 14.1 Å². The van der Waals surface area contributed by atoms with E-state index in [4.69, 9.17) is 9.26 Å². The highest BCUT2D eigenvalue weighted by molar-refractivity contribution is 5.93. The second kappa shape index (κ2) is 5.56. The average molecular weight is 260 g/mol. The average Bonchev–Trinajstić information content (AvgIpc) is 2.77. The number of aryl methyl sites for hydroxylation is 2. The lowest BCUT2D eigenvalue weighted by Crippen LogP contribution is -2.30. The summed E-state index contributed by atoms with van der Waals surface area (Å²) < 4.78 is 10.5. The first-order chi connectivity index (χ1) is 9.06. The van der Waals surface area contributed by atoms with E-state index in [1.165, 1.54) is 0 Å². The van der Waals surface area contributed by atoms with Crippen LogP contribution in [0.5, 0.6) is 5.75 Å². The van der Waals surface area contributed by atoms with Gasteiger partial charge in [-0.2, -0.15) is 0 Å². The number of nitrogens with one attached hydrogen (secondary N) is 1. The molecule has 2 rings (SSSR count). The number of carbonyl (C=O) groups excluding carboxylic acids is 1. The number of hydrogen-bond donors (Lipinski definition) is 1. The van der Waals surface area contributed by atoms with Gasteiger partial charge in [0.05, 0.1) is 0 Å². The molecule has 19 heavy (non-hydrogen) atoms. The Morgan fingerprint density at radius 1 is 1.37 bits per heavy atom. The molecule has 1 atom stereocenters. The minimum Gasteiger partial charge on any atom is -0.481 e. The standard InChI is InChI=1S/C14H16N2O3/c1-9-6-4-5-7-12(9)18-11(3)14(17)15-13-8-10(2)19-16-13/h4-8,11H,1-3H3,(H,15,16,17)/t11-/m1/s1. The molecule has 1 amide bonds. The highest BCUT2D eigenvalue weighted by Crippen LogP contribution is 2.18. The topological polar surface area (TPSA) is 64.4 Å². The molecule has 0 fully saturated rings. The van der Waals surface area contributed by atoms with Gasteiger partial charge in [0.1, 0.15) is 11.5 Å². The summed E-state index contributed by atoms with van der Waals surface area (Å²) in [6.07, 6.45) is -0.613. The van der Waals surface area contributed by atoms with Crippen molar-refractivity contribution in [2.45, 2.75) is 26.9 Å². The molecule has 1 N–H and O–H groups in total. The molecule has 5 nitrogen and oxygen atoms in total. The fourth-order valence-electron chi connectivity index (χ4n) is 1.59. The maximum absolute atomic E-state index is 11.9. The molecule has 0 aliphatic carbocycles. The van der Waals surface area contributed by atoms with Gasteiger partial charge in [-0.05, 0) is 32.4 Å². The smallest absolute Gasteiger partial charge is 0.266 e. The van der Waals surface area contributed by atoms with E-state index in [-0.39, 0.29) is 5.91 Å². The fraction of sp³-hybridized carbons (Fsp3) is 0.286. The Labute approximate surface area is 111 Å². The molecule has 0 radical (unpaired) electrons. The highest BCUT2D eigenvalue weighted by Gasteiger charge is 2.16. The Kier molecular flexibility index (Phi) is 3.85. The molecule has 0 unspecified atom stereocenters. The first kappa shape index (κ1) is 13.1. The van der Waals surface area contributed by atoms with Crippen molar-refractivity contribution in [1.82, 2.24) is 5.16 Å². The van der Waals surface area contributed by atoms with Crippen molar-refractivity contribution >= 4 is 11.7 Å². The maximum Gasteiger partial charge on any atom is 0.266 e. The molecule has 0 aliphatic rings. The van der Waals surface area contributed by atoms with Crippen LogP contribution >= 0.6 is 0 Å². The molecule has 1 heterocycles. The van der Waals surface area contributed by atoms with Gasteiger partial charge in [-0.25, -0.2) is 0 Å². The van der Waals surface area contributed by atoms with Crippen LogP contribution in [-0.4, -0.2) is 17.2 Å². The maximum atomic E-state index is 11.9. The van der Waals surface area contributed by atoms with Crippen LogP contribution in [0.4, 0.5) is 5.82 Å². The van der Waals surface area contributed by atoms with Gasteiger partial charge >= 0.3 is 0 Å². The summed E-state index contributed by atoms with van der Waals surface area (Å²) in [5.74, 6) is 1.46. The third-order valence-electron chi connectivity index (χ3n) is 2.65. The Bertz CT molecular complexity index is 578. The Morgan fingerprint density at radius 3 is 2.74 bits per heavy atom. The molecule has 0 aliphatic heterocycles. The van der Waals surface area contributed by atoms with Crippen LogP contribution in [0, 0.1) is 13.8 Å². The van der Waals surface area contributed by atoms with Crippen molar-refractivity contribution in [2.24, 2.45) is 0 Å². The number of carbonyl (C=O) groups is 1. The van der Waals surface area contributed by atoms with E-state index in [1.807, 2.05) is 31.2 Å². The third-order valence-corrected chi connectivity index (χ3v) is 2.65. The first-order valence-corrected chi connectivity index (χ1v) is 6.02. The van der Waals surface area contributed by atoms with Crippen molar-refractivity contribution in [2.75, 3.05) is 5.32 Å². The summed E-state index contributed by atoms with van der Waals surface area (Å²) in [5, 5.41) is 6.33. The minimum absolute atomic E-state index is 0.267. The number of aromatic nitrogens is 1. The Morgan fingerprint density at radius 2 is 2.11 bits per heavy atom. The highest BCUT2D eigenvalue weighted by atomic mass is 16.5. The minimum atomic E-state index is -0.613. The molecule has 1 aromatic heterocycles. The number of ether oxygens (including phenoxy) is 1. The molecule has 0 saturated carbocycles. The molecule has 2 aromatic rings. The van der Waals surface area contributed by atoms with Crippen molar-refractivity contribution in [3.05, 3.63) is 41.7 Å². The van der Waals surface area contributed by atoms with E-state index in [1.54, 1.807) is 19.9 Å². The lowest BCUT2D eigenvalue weighted by molar-refractivity contribution is -0.122. The zero-order valence-corrected chi connectivity index (χ0v) is 11.1. The van der Waals surface area contributed by atoms with Crippen LogP contribution in [0.25, 0.3) is 0 Å². The zero-order valence-electron chi connectivity index (χ0n) is 11.1. The number of nitrogens with zero attached hydrogens (tertiary/aromatic N) is 1. The third kappa shape index (κ3) is 3.34. The first-order valence-electron chi connectivity index (χ1n) is 6.02. The lowest BCUT2D eigenvalue weighted by Gasteiger charge is -2.15. The predicted octanol–water partition coefficient (Wildman–Crippen LogP) is 2.70. The van der Waals surface area contributed by atoms with E-state index in [2.05, 4.69) is 10.5 Å². The van der Waals surface area contributed by atoms with Crippen LogP contribution in [-0.2, 0) is 4.79 Å². The number of anilines is 1.